The Labute approximate surface area is 151 Å². The van der Waals surface area contributed by atoms with Crippen LogP contribution in [0.2, 0.25) is 0 Å². The first-order valence-corrected chi connectivity index (χ1v) is 9.11. The lowest BCUT2D eigenvalue weighted by atomic mass is 9.93. The number of hydrogen-bond acceptors (Lipinski definition) is 3. The average molecular weight is 336 g/mol. The van der Waals surface area contributed by atoms with Crippen molar-refractivity contribution in [2.45, 2.75) is 25.8 Å². The minimum Gasteiger partial charge on any atom is -0.497 e. The SMILES string of the molecule is COc1cccc(CN2CCC(C/C=C/c3ccccc3N)CC2)c1. The molecule has 2 N–H and O–H groups in total. The van der Waals surface area contributed by atoms with Gasteiger partial charge in [-0.2, -0.15) is 0 Å². The number of likely N-dealkylation sites (tertiary alicyclic amines) is 1. The molecular weight excluding hydrogens is 308 g/mol. The summed E-state index contributed by atoms with van der Waals surface area (Å²) in [4.78, 5) is 2.55. The largest absolute Gasteiger partial charge is 0.497 e. The first kappa shape index (κ1) is 17.6. The van der Waals surface area contributed by atoms with Crippen LogP contribution in [-0.2, 0) is 6.54 Å². The summed E-state index contributed by atoms with van der Waals surface area (Å²) in [5.74, 6) is 1.72. The number of ether oxygens (including phenoxy) is 1. The van der Waals surface area contributed by atoms with E-state index in [2.05, 4.69) is 41.3 Å². The summed E-state index contributed by atoms with van der Waals surface area (Å²) in [6.07, 6.45) is 8.12. The lowest BCUT2D eigenvalue weighted by molar-refractivity contribution is 0.178. The maximum Gasteiger partial charge on any atom is 0.119 e. The van der Waals surface area contributed by atoms with Gasteiger partial charge in [0, 0.05) is 12.2 Å². The second-order valence-corrected chi connectivity index (χ2v) is 6.84. The molecule has 0 aliphatic carbocycles. The second-order valence-electron chi connectivity index (χ2n) is 6.84. The highest BCUT2D eigenvalue weighted by atomic mass is 16.5. The Balaban J connectivity index is 1.45. The van der Waals surface area contributed by atoms with E-state index < -0.39 is 0 Å². The van der Waals surface area contributed by atoms with E-state index in [9.17, 15) is 0 Å². The van der Waals surface area contributed by atoms with Crippen molar-refractivity contribution in [1.29, 1.82) is 0 Å². The van der Waals surface area contributed by atoms with E-state index in [0.29, 0.717) is 0 Å². The van der Waals surface area contributed by atoms with Crippen LogP contribution in [0.25, 0.3) is 6.08 Å². The standard InChI is InChI=1S/C22H28N2O/c1-25-21-10-5-7-19(16-21)17-24-14-12-18(13-15-24)6-4-9-20-8-2-3-11-22(20)23/h2-5,7-11,16,18H,6,12-15,17,23H2,1H3/b9-4+. The van der Waals surface area contributed by atoms with Crippen molar-refractivity contribution < 1.29 is 4.74 Å². The lowest BCUT2D eigenvalue weighted by Gasteiger charge is -2.31. The number of methoxy groups -OCH3 is 1. The number of nitrogen functional groups attached to an aromatic ring is 1. The van der Waals surface area contributed by atoms with E-state index in [-0.39, 0.29) is 0 Å². The van der Waals surface area contributed by atoms with Crippen LogP contribution in [0.3, 0.4) is 0 Å². The predicted octanol–water partition coefficient (Wildman–Crippen LogP) is 4.59. The van der Waals surface area contributed by atoms with Crippen molar-refractivity contribution in [2.75, 3.05) is 25.9 Å². The Hall–Kier alpha value is -2.26. The molecule has 0 unspecified atom stereocenters. The molecular formula is C22H28N2O. The maximum atomic E-state index is 5.99. The minimum atomic E-state index is 0.780. The van der Waals surface area contributed by atoms with Gasteiger partial charge in [-0.1, -0.05) is 42.5 Å². The number of para-hydroxylation sites is 1. The summed E-state index contributed by atoms with van der Waals surface area (Å²) >= 11 is 0. The summed E-state index contributed by atoms with van der Waals surface area (Å²) in [5.41, 5.74) is 9.29. The predicted molar refractivity (Wildman–Crippen MR) is 106 cm³/mol. The maximum absolute atomic E-state index is 5.99. The number of hydrogen-bond donors (Lipinski definition) is 1. The number of nitrogens with two attached hydrogens (primary N) is 1. The molecule has 0 spiro atoms. The van der Waals surface area contributed by atoms with E-state index in [0.717, 1.165) is 35.9 Å². The third-order valence-corrected chi connectivity index (χ3v) is 5.01. The van der Waals surface area contributed by atoms with Gasteiger partial charge in [0.15, 0.2) is 0 Å². The van der Waals surface area contributed by atoms with Gasteiger partial charge in [0.2, 0.25) is 0 Å². The van der Waals surface area contributed by atoms with E-state index >= 15 is 0 Å². The summed E-state index contributed by atoms with van der Waals surface area (Å²) in [5, 5.41) is 0. The highest BCUT2D eigenvalue weighted by molar-refractivity contribution is 5.63. The molecule has 0 radical (unpaired) electrons. The second kappa shape index (κ2) is 8.72. The molecule has 0 atom stereocenters. The molecule has 2 aromatic rings. The Morgan fingerprint density at radius 3 is 2.68 bits per heavy atom. The van der Waals surface area contributed by atoms with Gasteiger partial charge in [-0.25, -0.2) is 0 Å². The van der Waals surface area contributed by atoms with Crippen molar-refractivity contribution in [3.05, 3.63) is 65.7 Å². The summed E-state index contributed by atoms with van der Waals surface area (Å²) in [7, 11) is 1.72. The number of anilines is 1. The molecule has 2 aromatic carbocycles. The highest BCUT2D eigenvalue weighted by Gasteiger charge is 2.18. The Bertz CT molecular complexity index is 703. The number of benzene rings is 2. The molecule has 1 fully saturated rings. The van der Waals surface area contributed by atoms with Crippen LogP contribution in [0.5, 0.6) is 5.75 Å². The summed E-state index contributed by atoms with van der Waals surface area (Å²) < 4.78 is 5.32. The zero-order chi connectivity index (χ0) is 17.5. The van der Waals surface area contributed by atoms with Crippen LogP contribution in [0.15, 0.2) is 54.6 Å². The number of nitrogens with zero attached hydrogens (tertiary/aromatic N) is 1. The first-order chi connectivity index (χ1) is 12.2. The van der Waals surface area contributed by atoms with Crippen molar-refractivity contribution >= 4 is 11.8 Å². The average Bonchev–Trinajstić information content (AvgIpc) is 2.65. The zero-order valence-corrected chi connectivity index (χ0v) is 15.0. The Kier molecular flexibility index (Phi) is 6.13. The molecule has 0 aromatic heterocycles. The number of piperidine rings is 1. The van der Waals surface area contributed by atoms with Gasteiger partial charge in [0.1, 0.15) is 5.75 Å². The van der Waals surface area contributed by atoms with Gasteiger partial charge in [-0.3, -0.25) is 4.90 Å². The fraction of sp³-hybridized carbons (Fsp3) is 0.364. The van der Waals surface area contributed by atoms with Crippen LogP contribution in [0.4, 0.5) is 5.69 Å². The van der Waals surface area contributed by atoms with Crippen LogP contribution < -0.4 is 10.5 Å². The third kappa shape index (κ3) is 5.10. The summed E-state index contributed by atoms with van der Waals surface area (Å²) in [6, 6.07) is 16.4. The van der Waals surface area contributed by atoms with Crippen LogP contribution >= 0.6 is 0 Å². The highest BCUT2D eigenvalue weighted by Crippen LogP contribution is 2.24. The van der Waals surface area contributed by atoms with Gasteiger partial charge < -0.3 is 10.5 Å². The quantitative estimate of drug-likeness (QED) is 0.784. The van der Waals surface area contributed by atoms with Crippen molar-refractivity contribution in [3.8, 4) is 5.75 Å². The van der Waals surface area contributed by atoms with Gasteiger partial charge in [-0.15, -0.1) is 0 Å². The monoisotopic (exact) mass is 336 g/mol. The normalized spacial score (nSPS) is 16.4. The van der Waals surface area contributed by atoms with Crippen molar-refractivity contribution in [2.24, 2.45) is 5.92 Å². The van der Waals surface area contributed by atoms with E-state index in [1.165, 1.54) is 31.5 Å². The molecule has 1 aliphatic heterocycles. The fourth-order valence-electron chi connectivity index (χ4n) is 3.46. The number of allylic oxidation sites excluding steroid dienone is 1. The van der Waals surface area contributed by atoms with Crippen LogP contribution in [0, 0.1) is 5.92 Å². The molecule has 0 bridgehead atoms. The zero-order valence-electron chi connectivity index (χ0n) is 15.0. The Morgan fingerprint density at radius 2 is 1.92 bits per heavy atom. The van der Waals surface area contributed by atoms with Gasteiger partial charge >= 0.3 is 0 Å². The topological polar surface area (TPSA) is 38.5 Å². The molecule has 3 heteroatoms. The molecule has 0 saturated carbocycles. The van der Waals surface area contributed by atoms with Gasteiger partial charge in [0.25, 0.3) is 0 Å². The molecule has 0 amide bonds. The lowest BCUT2D eigenvalue weighted by Crippen LogP contribution is -2.33. The fourth-order valence-corrected chi connectivity index (χ4v) is 3.46. The Morgan fingerprint density at radius 1 is 1.12 bits per heavy atom. The molecule has 3 nitrogen and oxygen atoms in total. The van der Waals surface area contributed by atoms with Crippen molar-refractivity contribution in [1.82, 2.24) is 4.90 Å². The third-order valence-electron chi connectivity index (χ3n) is 5.01. The smallest absolute Gasteiger partial charge is 0.119 e. The molecule has 3 rings (SSSR count). The van der Waals surface area contributed by atoms with Gasteiger partial charge in [-0.05, 0) is 67.6 Å². The molecule has 1 aliphatic rings. The van der Waals surface area contributed by atoms with E-state index in [1.807, 2.05) is 24.3 Å². The molecule has 132 valence electrons. The minimum absolute atomic E-state index is 0.780. The number of rotatable bonds is 6. The van der Waals surface area contributed by atoms with Crippen molar-refractivity contribution in [3.63, 3.8) is 0 Å². The summed E-state index contributed by atoms with van der Waals surface area (Å²) in [6.45, 7) is 3.35. The molecule has 1 heterocycles. The van der Waals surface area contributed by atoms with E-state index in [1.54, 1.807) is 7.11 Å². The van der Waals surface area contributed by atoms with E-state index in [4.69, 9.17) is 10.5 Å². The van der Waals surface area contributed by atoms with Crippen LogP contribution in [0.1, 0.15) is 30.4 Å². The van der Waals surface area contributed by atoms with Crippen LogP contribution in [-0.4, -0.2) is 25.1 Å². The molecule has 25 heavy (non-hydrogen) atoms. The first-order valence-electron chi connectivity index (χ1n) is 9.11. The van der Waals surface area contributed by atoms with Gasteiger partial charge in [0.05, 0.1) is 7.11 Å². The molecule has 1 saturated heterocycles.